The average molecular weight is 287 g/mol. The van der Waals surface area contributed by atoms with E-state index in [0.29, 0.717) is 17.4 Å². The molecule has 0 radical (unpaired) electrons. The first-order valence-electron chi connectivity index (χ1n) is 8.55. The summed E-state index contributed by atoms with van der Waals surface area (Å²) < 4.78 is 23.1. The van der Waals surface area contributed by atoms with Gasteiger partial charge in [0.2, 0.25) is 0 Å². The van der Waals surface area contributed by atoms with E-state index in [2.05, 4.69) is 20.2 Å². The molecule has 0 aliphatic heterocycles. The van der Waals surface area contributed by atoms with Gasteiger partial charge in [-0.2, -0.15) is 5.10 Å². The molecule has 21 heavy (non-hydrogen) atoms. The zero-order valence-corrected chi connectivity index (χ0v) is 11.2. The van der Waals surface area contributed by atoms with Crippen LogP contribution < -0.4 is 11.2 Å². The second-order valence-electron chi connectivity index (χ2n) is 5.86. The highest BCUT2D eigenvalue weighted by atomic mass is 16.2. The van der Waals surface area contributed by atoms with Gasteiger partial charge in [-0.05, 0) is 55.5 Å². The lowest BCUT2D eigenvalue weighted by Crippen LogP contribution is -2.23. The number of rotatable bonds is 3. The number of nitrogens with zero attached hydrogens (tertiary/aromatic N) is 2. The lowest BCUT2D eigenvalue weighted by Gasteiger charge is -2.06. The van der Waals surface area contributed by atoms with Gasteiger partial charge in [0.25, 0.3) is 5.56 Å². The quantitative estimate of drug-likeness (QED) is 0.891. The highest BCUT2D eigenvalue weighted by Crippen LogP contribution is 2.59. The summed E-state index contributed by atoms with van der Waals surface area (Å²) in [7, 11) is 0. The normalized spacial score (nSPS) is 26.8. The Morgan fingerprint density at radius 2 is 2.19 bits per heavy atom. The van der Waals surface area contributed by atoms with Gasteiger partial charge >= 0.3 is 5.69 Å². The summed E-state index contributed by atoms with van der Waals surface area (Å²) in [6.07, 6.45) is 4.64. The van der Waals surface area contributed by atoms with Crippen molar-refractivity contribution in [1.82, 2.24) is 20.2 Å². The molecule has 0 spiro atoms. The third-order valence-corrected chi connectivity index (χ3v) is 4.39. The Labute approximate surface area is 124 Å². The number of hydrogen-bond donors (Lipinski definition) is 2. The fourth-order valence-electron chi connectivity index (χ4n) is 3.04. The van der Waals surface area contributed by atoms with Gasteiger partial charge in [0.1, 0.15) is 5.69 Å². The summed E-state index contributed by atoms with van der Waals surface area (Å²) in [5.41, 5.74) is -0.0639. The Kier molecular flexibility index (Phi) is 2.01. The van der Waals surface area contributed by atoms with E-state index >= 15 is 0 Å². The second-order valence-corrected chi connectivity index (χ2v) is 5.86. The molecule has 2 N–H and O–H groups in total. The van der Waals surface area contributed by atoms with Gasteiger partial charge in [-0.25, -0.2) is 4.79 Å². The highest BCUT2D eigenvalue weighted by molar-refractivity contribution is 5.57. The SMILES string of the molecule is [2H]C([2H])([2H])c1nnc(-c2c[nH]c(=O)[nH]c2=O)cc1[C@@H]1C[C@H]1C1CC1. The summed E-state index contributed by atoms with van der Waals surface area (Å²) in [4.78, 5) is 27.6. The number of hydrogen-bond acceptors (Lipinski definition) is 4. The molecule has 2 atom stereocenters. The van der Waals surface area contributed by atoms with Crippen LogP contribution >= 0.6 is 0 Å². The van der Waals surface area contributed by atoms with Gasteiger partial charge < -0.3 is 4.98 Å². The standard InChI is InChI=1S/C15H16N4O2/c1-7-9(11-4-10(11)8-2-3-8)5-13(19-18-7)12-6-16-15(21)17-14(12)20/h5-6,8,10-11H,2-4H2,1H3,(H2,16,17,20,21)/t10-,11-/m0/s1/i1D3. The van der Waals surface area contributed by atoms with E-state index in [0.717, 1.165) is 6.42 Å². The van der Waals surface area contributed by atoms with Crippen LogP contribution in [0.2, 0.25) is 0 Å². The molecule has 6 heteroatoms. The van der Waals surface area contributed by atoms with Crippen LogP contribution in [-0.2, 0) is 0 Å². The van der Waals surface area contributed by atoms with Gasteiger partial charge in [0, 0.05) is 10.3 Å². The topological polar surface area (TPSA) is 91.5 Å². The van der Waals surface area contributed by atoms with Crippen molar-refractivity contribution in [3.63, 3.8) is 0 Å². The largest absolute Gasteiger partial charge is 0.325 e. The van der Waals surface area contributed by atoms with Crippen molar-refractivity contribution in [3.8, 4) is 11.3 Å². The van der Waals surface area contributed by atoms with Crippen LogP contribution in [0.4, 0.5) is 0 Å². The van der Waals surface area contributed by atoms with Crippen molar-refractivity contribution >= 4 is 0 Å². The molecule has 2 heterocycles. The van der Waals surface area contributed by atoms with Crippen molar-refractivity contribution in [2.24, 2.45) is 11.8 Å². The minimum absolute atomic E-state index is 0.0141. The van der Waals surface area contributed by atoms with Gasteiger partial charge in [-0.3, -0.25) is 9.78 Å². The molecule has 0 amide bonds. The van der Waals surface area contributed by atoms with E-state index in [1.807, 2.05) is 0 Å². The van der Waals surface area contributed by atoms with Gasteiger partial charge in [-0.1, -0.05) is 0 Å². The molecular formula is C15H16N4O2. The van der Waals surface area contributed by atoms with Crippen LogP contribution in [0.5, 0.6) is 0 Å². The number of H-pyrrole nitrogens is 2. The van der Waals surface area contributed by atoms with Crippen molar-refractivity contribution < 1.29 is 4.11 Å². The maximum Gasteiger partial charge on any atom is 0.325 e. The Morgan fingerprint density at radius 3 is 2.90 bits per heavy atom. The van der Waals surface area contributed by atoms with Crippen LogP contribution in [0.3, 0.4) is 0 Å². The molecule has 2 aliphatic carbocycles. The van der Waals surface area contributed by atoms with E-state index in [1.165, 1.54) is 19.0 Å². The summed E-state index contributed by atoms with van der Waals surface area (Å²) in [6, 6.07) is 1.64. The molecule has 0 saturated heterocycles. The summed E-state index contributed by atoms with van der Waals surface area (Å²) in [6.45, 7) is -2.34. The fourth-order valence-corrected chi connectivity index (χ4v) is 3.04. The zero-order chi connectivity index (χ0) is 17.1. The first-order valence-corrected chi connectivity index (χ1v) is 7.05. The highest BCUT2D eigenvalue weighted by Gasteiger charge is 2.48. The molecular weight excluding hydrogens is 268 g/mol. The van der Waals surface area contributed by atoms with Crippen LogP contribution in [0.1, 0.15) is 40.6 Å². The maximum absolute atomic E-state index is 11.9. The van der Waals surface area contributed by atoms with Crippen LogP contribution in [-0.4, -0.2) is 20.2 Å². The average Bonchev–Trinajstić information content (AvgIpc) is 3.36. The molecule has 108 valence electrons. The van der Waals surface area contributed by atoms with E-state index in [-0.39, 0.29) is 22.9 Å². The molecule has 0 bridgehead atoms. The second kappa shape index (κ2) is 4.38. The van der Waals surface area contributed by atoms with Crippen molar-refractivity contribution in [2.45, 2.75) is 32.0 Å². The smallest absolute Gasteiger partial charge is 0.313 e. The lowest BCUT2D eigenvalue weighted by atomic mass is 10.0. The Hall–Kier alpha value is -2.24. The van der Waals surface area contributed by atoms with E-state index in [9.17, 15) is 9.59 Å². The Balaban J connectivity index is 1.80. The minimum atomic E-state index is -2.34. The fraction of sp³-hybridized carbons (Fsp3) is 0.467. The predicted octanol–water partition coefficient (Wildman–Crippen LogP) is 1.34. The third-order valence-electron chi connectivity index (χ3n) is 4.39. The summed E-state index contributed by atoms with van der Waals surface area (Å²) >= 11 is 0. The number of aryl methyl sites for hydroxylation is 1. The van der Waals surface area contributed by atoms with Gasteiger partial charge in [0.15, 0.2) is 0 Å². The van der Waals surface area contributed by atoms with E-state index in [4.69, 9.17) is 4.11 Å². The predicted molar refractivity (Wildman–Crippen MR) is 77.0 cm³/mol. The Bertz CT molecular complexity index is 914. The molecule has 2 aromatic heterocycles. The van der Waals surface area contributed by atoms with Crippen LogP contribution in [0.25, 0.3) is 11.3 Å². The molecule has 0 unspecified atom stereocenters. The maximum atomic E-state index is 11.9. The zero-order valence-electron chi connectivity index (χ0n) is 14.2. The van der Waals surface area contributed by atoms with E-state index < -0.39 is 18.1 Å². The Morgan fingerprint density at radius 1 is 1.33 bits per heavy atom. The molecule has 2 fully saturated rings. The summed E-state index contributed by atoms with van der Waals surface area (Å²) in [5, 5.41) is 7.82. The first kappa shape index (κ1) is 9.65. The monoisotopic (exact) mass is 287 g/mol. The number of nitrogens with one attached hydrogen (secondary N) is 2. The van der Waals surface area contributed by atoms with Crippen molar-refractivity contribution in [2.75, 3.05) is 0 Å². The van der Waals surface area contributed by atoms with Crippen molar-refractivity contribution in [1.29, 1.82) is 0 Å². The van der Waals surface area contributed by atoms with Gasteiger partial charge in [0.05, 0.1) is 11.3 Å². The minimum Gasteiger partial charge on any atom is -0.313 e. The van der Waals surface area contributed by atoms with Gasteiger partial charge in [-0.15, -0.1) is 5.10 Å². The molecule has 6 nitrogen and oxygen atoms in total. The summed E-state index contributed by atoms with van der Waals surface area (Å²) in [5.74, 6) is 1.37. The molecule has 0 aromatic carbocycles. The molecule has 2 aromatic rings. The number of aromatic nitrogens is 4. The lowest BCUT2D eigenvalue weighted by molar-refractivity contribution is 0.686. The molecule has 2 saturated carbocycles. The third kappa shape index (κ3) is 2.20. The van der Waals surface area contributed by atoms with Crippen LogP contribution in [0.15, 0.2) is 21.9 Å². The molecule has 2 aliphatic rings. The molecule has 4 rings (SSSR count). The number of aromatic amines is 2. The van der Waals surface area contributed by atoms with Crippen molar-refractivity contribution in [3.05, 3.63) is 44.4 Å². The van der Waals surface area contributed by atoms with E-state index in [1.54, 1.807) is 6.07 Å². The first-order chi connectivity index (χ1) is 11.3. The van der Waals surface area contributed by atoms with Crippen LogP contribution in [0, 0.1) is 18.7 Å².